The summed E-state index contributed by atoms with van der Waals surface area (Å²) in [6, 6.07) is 1.38. The van der Waals surface area contributed by atoms with Crippen LogP contribution in [0.4, 0.5) is 0 Å². The monoisotopic (exact) mass is 368 g/mol. The predicted molar refractivity (Wildman–Crippen MR) is 116 cm³/mol. The average molecular weight is 369 g/mol. The molecule has 2 aliphatic heterocycles. The minimum absolute atomic E-state index is 0.348. The second-order valence-electron chi connectivity index (χ2n) is 9.67. The van der Waals surface area contributed by atoms with E-state index in [-0.39, 0.29) is 0 Å². The fourth-order valence-electron chi connectivity index (χ4n) is 4.36. The summed E-state index contributed by atoms with van der Waals surface area (Å²) in [4.78, 5) is 7.75. The molecule has 0 spiro atoms. The predicted octanol–water partition coefficient (Wildman–Crippen LogP) is 3.53. The fourth-order valence-corrected chi connectivity index (χ4v) is 4.36. The third-order valence-electron chi connectivity index (χ3n) is 5.99. The lowest BCUT2D eigenvalue weighted by atomic mass is 9.97. The van der Waals surface area contributed by atoms with E-state index in [1.165, 1.54) is 58.7 Å². The minimum Gasteiger partial charge on any atom is -0.317 e. The van der Waals surface area contributed by atoms with Gasteiger partial charge in [0.2, 0.25) is 0 Å². The lowest BCUT2D eigenvalue weighted by Gasteiger charge is -2.43. The molecule has 0 aromatic rings. The van der Waals surface area contributed by atoms with E-state index in [1.54, 1.807) is 0 Å². The summed E-state index contributed by atoms with van der Waals surface area (Å²) in [5, 5.41) is 3.45. The van der Waals surface area contributed by atoms with Gasteiger partial charge in [-0.05, 0) is 86.9 Å². The number of piperazine rings is 1. The molecule has 0 amide bonds. The van der Waals surface area contributed by atoms with Crippen LogP contribution in [-0.4, -0.2) is 84.7 Å². The second kappa shape index (κ2) is 11.6. The Morgan fingerprint density at radius 3 is 1.77 bits per heavy atom. The summed E-state index contributed by atoms with van der Waals surface area (Å²) in [6.07, 6.45) is 2.75. The molecular formula is C22H48N4. The standard InChI is InChI=1S/C14H29N3.C8H19N/c1-14(2,3)17-10-8-16(9-11-17)12-13-4-6-15-7-5-13;1-6-9(7(2)3)8(4)5/h13,15H,4-12H2,1-3H3;7-8H,6H2,1-5H3. The first-order valence-electron chi connectivity index (χ1n) is 11.1. The number of hydrogen-bond donors (Lipinski definition) is 1. The van der Waals surface area contributed by atoms with Crippen molar-refractivity contribution in [1.82, 2.24) is 20.0 Å². The molecule has 4 nitrogen and oxygen atoms in total. The molecule has 4 heteroatoms. The number of hydrogen-bond acceptors (Lipinski definition) is 4. The first-order valence-corrected chi connectivity index (χ1v) is 11.1. The molecule has 156 valence electrons. The highest BCUT2D eigenvalue weighted by Crippen LogP contribution is 2.18. The van der Waals surface area contributed by atoms with E-state index in [9.17, 15) is 0 Å². The minimum atomic E-state index is 0.348. The highest BCUT2D eigenvalue weighted by molar-refractivity contribution is 4.83. The largest absolute Gasteiger partial charge is 0.317 e. The van der Waals surface area contributed by atoms with Crippen LogP contribution in [-0.2, 0) is 0 Å². The van der Waals surface area contributed by atoms with Gasteiger partial charge < -0.3 is 10.2 Å². The summed E-state index contributed by atoms with van der Waals surface area (Å²) in [6.45, 7) is 28.1. The van der Waals surface area contributed by atoms with Gasteiger partial charge in [-0.15, -0.1) is 0 Å². The van der Waals surface area contributed by atoms with Crippen LogP contribution in [0.3, 0.4) is 0 Å². The van der Waals surface area contributed by atoms with Crippen molar-refractivity contribution in [1.29, 1.82) is 0 Å². The van der Waals surface area contributed by atoms with Gasteiger partial charge in [0.1, 0.15) is 0 Å². The molecule has 0 saturated carbocycles. The van der Waals surface area contributed by atoms with Gasteiger partial charge in [-0.1, -0.05) is 6.92 Å². The summed E-state index contributed by atoms with van der Waals surface area (Å²) >= 11 is 0. The van der Waals surface area contributed by atoms with E-state index in [0.717, 1.165) is 12.5 Å². The van der Waals surface area contributed by atoms with E-state index in [0.29, 0.717) is 17.6 Å². The van der Waals surface area contributed by atoms with Crippen molar-refractivity contribution in [3.63, 3.8) is 0 Å². The van der Waals surface area contributed by atoms with Crippen molar-refractivity contribution >= 4 is 0 Å². The van der Waals surface area contributed by atoms with Crippen molar-refractivity contribution in [3.05, 3.63) is 0 Å². The van der Waals surface area contributed by atoms with E-state index >= 15 is 0 Å². The van der Waals surface area contributed by atoms with Crippen molar-refractivity contribution in [2.75, 3.05) is 52.4 Å². The molecular weight excluding hydrogens is 320 g/mol. The zero-order chi connectivity index (χ0) is 19.7. The number of piperidine rings is 1. The molecule has 2 aliphatic rings. The molecule has 0 aromatic heterocycles. The molecule has 2 rings (SSSR count). The van der Waals surface area contributed by atoms with Gasteiger partial charge in [-0.25, -0.2) is 0 Å². The molecule has 0 unspecified atom stereocenters. The second-order valence-corrected chi connectivity index (χ2v) is 9.67. The summed E-state index contributed by atoms with van der Waals surface area (Å²) in [5.41, 5.74) is 0.348. The molecule has 2 heterocycles. The quantitative estimate of drug-likeness (QED) is 0.801. The summed E-state index contributed by atoms with van der Waals surface area (Å²) in [5.74, 6) is 0.942. The molecule has 0 atom stereocenters. The third kappa shape index (κ3) is 8.69. The SMILES string of the molecule is CC(C)(C)N1CCN(CC2CCNCC2)CC1.CCN(C(C)C)C(C)C. The maximum atomic E-state index is 3.45. The molecule has 0 aromatic carbocycles. The average Bonchev–Trinajstić information content (AvgIpc) is 2.56. The zero-order valence-electron chi connectivity index (χ0n) is 19.1. The smallest absolute Gasteiger partial charge is 0.0126 e. The van der Waals surface area contributed by atoms with Gasteiger partial charge in [0, 0.05) is 50.3 Å². The lowest BCUT2D eigenvalue weighted by molar-refractivity contribution is 0.0528. The molecule has 0 aliphatic carbocycles. The Morgan fingerprint density at radius 1 is 0.923 bits per heavy atom. The first-order chi connectivity index (χ1) is 12.1. The van der Waals surface area contributed by atoms with Crippen LogP contribution in [0.2, 0.25) is 0 Å². The zero-order valence-corrected chi connectivity index (χ0v) is 19.1. The Kier molecular flexibility index (Phi) is 10.7. The number of nitrogens with one attached hydrogen (secondary N) is 1. The molecule has 1 N–H and O–H groups in total. The van der Waals surface area contributed by atoms with Crippen LogP contribution < -0.4 is 5.32 Å². The normalized spacial score (nSPS) is 21.3. The van der Waals surface area contributed by atoms with Gasteiger partial charge in [0.05, 0.1) is 0 Å². The highest BCUT2D eigenvalue weighted by atomic mass is 15.3. The lowest BCUT2D eigenvalue weighted by Crippen LogP contribution is -2.54. The van der Waals surface area contributed by atoms with Crippen LogP contribution in [0.25, 0.3) is 0 Å². The van der Waals surface area contributed by atoms with Crippen LogP contribution >= 0.6 is 0 Å². The van der Waals surface area contributed by atoms with Gasteiger partial charge in [-0.3, -0.25) is 9.80 Å². The molecule has 0 radical (unpaired) electrons. The number of rotatable bonds is 5. The topological polar surface area (TPSA) is 21.8 Å². The Hall–Kier alpha value is -0.160. The summed E-state index contributed by atoms with van der Waals surface area (Å²) in [7, 11) is 0. The van der Waals surface area contributed by atoms with Crippen LogP contribution in [0, 0.1) is 5.92 Å². The third-order valence-corrected chi connectivity index (χ3v) is 5.99. The van der Waals surface area contributed by atoms with Gasteiger partial charge in [0.15, 0.2) is 0 Å². The van der Waals surface area contributed by atoms with Crippen LogP contribution in [0.15, 0.2) is 0 Å². The number of nitrogens with zero attached hydrogens (tertiary/aromatic N) is 3. The summed E-state index contributed by atoms with van der Waals surface area (Å²) < 4.78 is 0. The molecule has 2 saturated heterocycles. The van der Waals surface area contributed by atoms with Crippen LogP contribution in [0.5, 0.6) is 0 Å². The van der Waals surface area contributed by atoms with Gasteiger partial charge in [0.25, 0.3) is 0 Å². The van der Waals surface area contributed by atoms with Crippen molar-refractivity contribution in [2.45, 2.75) is 85.9 Å². The van der Waals surface area contributed by atoms with Gasteiger partial charge >= 0.3 is 0 Å². The molecule has 0 bridgehead atoms. The molecule has 2 fully saturated rings. The molecule has 26 heavy (non-hydrogen) atoms. The van der Waals surface area contributed by atoms with Crippen molar-refractivity contribution in [3.8, 4) is 0 Å². The maximum absolute atomic E-state index is 3.45. The van der Waals surface area contributed by atoms with E-state index in [4.69, 9.17) is 0 Å². The Labute approximate surface area is 164 Å². The maximum Gasteiger partial charge on any atom is 0.0126 e. The van der Waals surface area contributed by atoms with E-state index in [1.807, 2.05) is 0 Å². The van der Waals surface area contributed by atoms with Crippen LogP contribution in [0.1, 0.15) is 68.2 Å². The Bertz CT molecular complexity index is 340. The van der Waals surface area contributed by atoms with E-state index in [2.05, 4.69) is 75.4 Å². The van der Waals surface area contributed by atoms with E-state index < -0.39 is 0 Å². The first kappa shape index (κ1) is 23.9. The highest BCUT2D eigenvalue weighted by Gasteiger charge is 2.27. The van der Waals surface area contributed by atoms with Gasteiger partial charge in [-0.2, -0.15) is 0 Å². The Morgan fingerprint density at radius 2 is 1.42 bits per heavy atom. The Balaban J connectivity index is 0.000000321. The van der Waals surface area contributed by atoms with Crippen molar-refractivity contribution < 1.29 is 0 Å². The fraction of sp³-hybridized carbons (Fsp3) is 1.00. The van der Waals surface area contributed by atoms with Crippen molar-refractivity contribution in [2.24, 2.45) is 5.92 Å².